The lowest BCUT2D eigenvalue weighted by Gasteiger charge is -2.15. The Morgan fingerprint density at radius 3 is 2.00 bits per heavy atom. The van der Waals surface area contributed by atoms with Gasteiger partial charge in [0.25, 0.3) is 11.8 Å². The molecule has 0 saturated carbocycles. The van der Waals surface area contributed by atoms with E-state index in [1.807, 2.05) is 6.07 Å². The molecule has 0 fully saturated rings. The van der Waals surface area contributed by atoms with Gasteiger partial charge in [-0.3, -0.25) is 9.59 Å². The highest BCUT2D eigenvalue weighted by Crippen LogP contribution is 2.27. The molecule has 4 rings (SSSR count). The van der Waals surface area contributed by atoms with Crippen LogP contribution >= 0.6 is 0 Å². The standard InChI is InChI=1S/C21H12FNO4/c22-14-10-11-15(13-6-2-1-3-7-13)18(12-14)21(26)27-23-19(24)16-8-4-5-9-17(16)20(23)25/h1-12H. The molecule has 5 nitrogen and oxygen atoms in total. The fourth-order valence-corrected chi connectivity index (χ4v) is 2.94. The second-order valence-electron chi connectivity index (χ2n) is 5.88. The zero-order valence-electron chi connectivity index (χ0n) is 13.9. The molecule has 6 heteroatoms. The van der Waals surface area contributed by atoms with Crippen molar-refractivity contribution in [3.63, 3.8) is 0 Å². The number of hydrogen-bond donors (Lipinski definition) is 0. The summed E-state index contributed by atoms with van der Waals surface area (Å²) in [6.07, 6.45) is 0. The quantitative estimate of drug-likeness (QED) is 0.665. The molecular formula is C21H12FNO4. The van der Waals surface area contributed by atoms with Crippen LogP contribution in [0.3, 0.4) is 0 Å². The molecule has 3 aromatic carbocycles. The zero-order chi connectivity index (χ0) is 19.0. The van der Waals surface area contributed by atoms with Crippen LogP contribution in [0.25, 0.3) is 11.1 Å². The van der Waals surface area contributed by atoms with Crippen molar-refractivity contribution >= 4 is 17.8 Å². The van der Waals surface area contributed by atoms with Crippen molar-refractivity contribution in [3.05, 3.63) is 95.3 Å². The molecule has 1 aliphatic rings. The Balaban J connectivity index is 1.68. The molecule has 0 aliphatic carbocycles. The third-order valence-electron chi connectivity index (χ3n) is 4.22. The minimum Gasteiger partial charge on any atom is -0.324 e. The first-order valence-corrected chi connectivity index (χ1v) is 8.11. The van der Waals surface area contributed by atoms with Gasteiger partial charge in [0.2, 0.25) is 0 Å². The van der Waals surface area contributed by atoms with E-state index < -0.39 is 23.6 Å². The molecule has 0 atom stereocenters. The Morgan fingerprint density at radius 2 is 1.37 bits per heavy atom. The van der Waals surface area contributed by atoms with Crippen molar-refractivity contribution in [3.8, 4) is 11.1 Å². The molecule has 3 aromatic rings. The average Bonchev–Trinajstić information content (AvgIpc) is 2.94. The molecule has 2 amide bonds. The molecule has 0 saturated heterocycles. The molecule has 0 N–H and O–H groups in total. The van der Waals surface area contributed by atoms with E-state index in [4.69, 9.17) is 4.84 Å². The molecule has 1 heterocycles. The SMILES string of the molecule is O=C(ON1C(=O)c2ccccc2C1=O)c1cc(F)ccc1-c1ccccc1. The van der Waals surface area contributed by atoms with Gasteiger partial charge in [-0.15, -0.1) is 0 Å². The number of carbonyl (C=O) groups excluding carboxylic acids is 3. The number of hydroxylamine groups is 2. The lowest BCUT2D eigenvalue weighted by atomic mass is 10.00. The monoisotopic (exact) mass is 361 g/mol. The van der Waals surface area contributed by atoms with E-state index in [0.717, 1.165) is 6.07 Å². The van der Waals surface area contributed by atoms with Gasteiger partial charge < -0.3 is 4.84 Å². The van der Waals surface area contributed by atoms with Crippen LogP contribution in [0.2, 0.25) is 0 Å². The molecule has 0 spiro atoms. The molecule has 0 aromatic heterocycles. The summed E-state index contributed by atoms with van der Waals surface area (Å²) in [6.45, 7) is 0. The van der Waals surface area contributed by atoms with Gasteiger partial charge in [0, 0.05) is 0 Å². The largest absolute Gasteiger partial charge is 0.364 e. The third kappa shape index (κ3) is 2.87. The summed E-state index contributed by atoms with van der Waals surface area (Å²) in [7, 11) is 0. The van der Waals surface area contributed by atoms with Gasteiger partial charge in [-0.1, -0.05) is 53.6 Å². The highest BCUT2D eigenvalue weighted by atomic mass is 19.1. The third-order valence-corrected chi connectivity index (χ3v) is 4.22. The summed E-state index contributed by atoms with van der Waals surface area (Å²) in [4.78, 5) is 42.4. The Kier molecular flexibility index (Phi) is 4.01. The van der Waals surface area contributed by atoms with Gasteiger partial charge in [0.05, 0.1) is 16.7 Å². The highest BCUT2D eigenvalue weighted by molar-refractivity contribution is 6.21. The first-order valence-electron chi connectivity index (χ1n) is 8.11. The van der Waals surface area contributed by atoms with Crippen LogP contribution in [0.15, 0.2) is 72.8 Å². The van der Waals surface area contributed by atoms with Gasteiger partial charge in [0.1, 0.15) is 5.82 Å². The van der Waals surface area contributed by atoms with E-state index in [1.165, 1.54) is 24.3 Å². The number of hydrogen-bond acceptors (Lipinski definition) is 4. The van der Waals surface area contributed by atoms with Crippen molar-refractivity contribution < 1.29 is 23.6 Å². The number of benzene rings is 3. The number of carbonyl (C=O) groups is 3. The number of fused-ring (bicyclic) bond motifs is 1. The average molecular weight is 361 g/mol. The predicted molar refractivity (Wildman–Crippen MR) is 94.2 cm³/mol. The maximum Gasteiger partial charge on any atom is 0.364 e. The van der Waals surface area contributed by atoms with Crippen LogP contribution in [-0.2, 0) is 4.84 Å². The zero-order valence-corrected chi connectivity index (χ0v) is 13.9. The second kappa shape index (κ2) is 6.49. The summed E-state index contributed by atoms with van der Waals surface area (Å²) in [5.74, 6) is -3.10. The second-order valence-corrected chi connectivity index (χ2v) is 5.88. The van der Waals surface area contributed by atoms with E-state index in [0.29, 0.717) is 16.2 Å². The number of nitrogens with zero attached hydrogens (tertiary/aromatic N) is 1. The molecule has 1 aliphatic heterocycles. The van der Waals surface area contributed by atoms with Crippen LogP contribution in [0, 0.1) is 5.82 Å². The fourth-order valence-electron chi connectivity index (χ4n) is 2.94. The minimum atomic E-state index is -0.997. The highest BCUT2D eigenvalue weighted by Gasteiger charge is 2.39. The van der Waals surface area contributed by atoms with E-state index in [2.05, 4.69) is 0 Å². The van der Waals surface area contributed by atoms with E-state index in [1.54, 1.807) is 36.4 Å². The van der Waals surface area contributed by atoms with Crippen LogP contribution in [0.4, 0.5) is 4.39 Å². The topological polar surface area (TPSA) is 63.7 Å². The van der Waals surface area contributed by atoms with Crippen molar-refractivity contribution in [1.82, 2.24) is 5.06 Å². The fraction of sp³-hybridized carbons (Fsp3) is 0. The van der Waals surface area contributed by atoms with Crippen LogP contribution < -0.4 is 0 Å². The van der Waals surface area contributed by atoms with Crippen molar-refractivity contribution in [1.29, 1.82) is 0 Å². The summed E-state index contributed by atoms with van der Waals surface area (Å²) >= 11 is 0. The number of amides is 2. The molecule has 0 unspecified atom stereocenters. The van der Waals surface area contributed by atoms with Gasteiger partial charge in [0.15, 0.2) is 0 Å². The Morgan fingerprint density at radius 1 is 0.778 bits per heavy atom. The van der Waals surface area contributed by atoms with Gasteiger partial charge in [-0.05, 0) is 35.4 Å². The normalized spacial score (nSPS) is 12.9. The first-order chi connectivity index (χ1) is 13.1. The van der Waals surface area contributed by atoms with Gasteiger partial charge in [-0.2, -0.15) is 0 Å². The molecule has 132 valence electrons. The Labute approximate surface area is 153 Å². The molecule has 27 heavy (non-hydrogen) atoms. The number of imide groups is 1. The summed E-state index contributed by atoms with van der Waals surface area (Å²) in [6, 6.07) is 18.7. The van der Waals surface area contributed by atoms with E-state index in [-0.39, 0.29) is 16.7 Å². The van der Waals surface area contributed by atoms with Gasteiger partial charge in [-0.25, -0.2) is 9.18 Å². The van der Waals surface area contributed by atoms with Crippen molar-refractivity contribution in [2.24, 2.45) is 0 Å². The van der Waals surface area contributed by atoms with Crippen LogP contribution in [-0.4, -0.2) is 22.8 Å². The van der Waals surface area contributed by atoms with E-state index in [9.17, 15) is 18.8 Å². The Hall–Kier alpha value is -3.80. The van der Waals surface area contributed by atoms with Crippen molar-refractivity contribution in [2.75, 3.05) is 0 Å². The first kappa shape index (κ1) is 16.7. The van der Waals surface area contributed by atoms with Crippen LogP contribution in [0.1, 0.15) is 31.1 Å². The molecular weight excluding hydrogens is 349 g/mol. The summed E-state index contributed by atoms with van der Waals surface area (Å²) in [5.41, 5.74) is 1.32. The maximum absolute atomic E-state index is 13.7. The van der Waals surface area contributed by atoms with Crippen molar-refractivity contribution in [2.45, 2.75) is 0 Å². The maximum atomic E-state index is 13.7. The lowest BCUT2D eigenvalue weighted by molar-refractivity contribution is -0.0584. The number of rotatable bonds is 3. The summed E-state index contributed by atoms with van der Waals surface area (Å²) in [5, 5.41) is 0.409. The molecule has 0 radical (unpaired) electrons. The minimum absolute atomic E-state index is 0.0854. The van der Waals surface area contributed by atoms with Crippen LogP contribution in [0.5, 0.6) is 0 Å². The Bertz CT molecular complexity index is 1040. The van der Waals surface area contributed by atoms with E-state index >= 15 is 0 Å². The smallest absolute Gasteiger partial charge is 0.324 e. The lowest BCUT2D eigenvalue weighted by Crippen LogP contribution is -2.32. The van der Waals surface area contributed by atoms with Gasteiger partial charge >= 0.3 is 5.97 Å². The predicted octanol–water partition coefficient (Wildman–Crippen LogP) is 3.86. The summed E-state index contributed by atoms with van der Waals surface area (Å²) < 4.78 is 13.7. The molecule has 0 bridgehead atoms. The number of halogens is 1.